The van der Waals surface area contributed by atoms with Crippen molar-refractivity contribution >= 4 is 12.1 Å². The van der Waals surface area contributed by atoms with Gasteiger partial charge in [0.05, 0.1) is 0 Å². The van der Waals surface area contributed by atoms with Gasteiger partial charge in [-0.25, -0.2) is 0 Å². The lowest BCUT2D eigenvalue weighted by Crippen LogP contribution is -2.26. The van der Waals surface area contributed by atoms with Crippen molar-refractivity contribution in [1.82, 2.24) is 4.98 Å². The van der Waals surface area contributed by atoms with E-state index < -0.39 is 0 Å². The van der Waals surface area contributed by atoms with Crippen LogP contribution in [0.3, 0.4) is 0 Å². The molecule has 0 radical (unpaired) electrons. The van der Waals surface area contributed by atoms with Crippen molar-refractivity contribution in [3.8, 4) is 11.8 Å². The van der Waals surface area contributed by atoms with Crippen LogP contribution in [-0.4, -0.2) is 11.3 Å². The Morgan fingerprint density at radius 2 is 1.78 bits per heavy atom. The largest absolute Gasteiger partial charge is 0.437 e. The highest BCUT2D eigenvalue weighted by Crippen LogP contribution is 2.11. The number of aldehydes is 1. The highest BCUT2D eigenvalue weighted by Gasteiger charge is 1.96. The SMILES string of the molecule is O=Cc1ccccc1C#Cc1ccc([N-][n+]2ccccc2)nc1. The molecule has 0 saturated heterocycles. The fourth-order valence-electron chi connectivity index (χ4n) is 1.95. The number of carbonyl (C=O) groups is 1. The fraction of sp³-hybridized carbons (Fsp3) is 0. The van der Waals surface area contributed by atoms with Crippen molar-refractivity contribution in [2.45, 2.75) is 0 Å². The molecule has 0 spiro atoms. The summed E-state index contributed by atoms with van der Waals surface area (Å²) in [6, 6.07) is 16.6. The fourth-order valence-corrected chi connectivity index (χ4v) is 1.95. The molecule has 0 aliphatic carbocycles. The molecule has 0 aliphatic heterocycles. The zero-order chi connectivity index (χ0) is 15.9. The summed E-state index contributed by atoms with van der Waals surface area (Å²) in [5, 5.41) is 0. The van der Waals surface area contributed by atoms with E-state index in [1.807, 2.05) is 54.9 Å². The van der Waals surface area contributed by atoms with E-state index in [9.17, 15) is 4.79 Å². The molecule has 110 valence electrons. The van der Waals surface area contributed by atoms with Crippen molar-refractivity contribution in [3.05, 3.63) is 95.3 Å². The molecule has 0 atom stereocenters. The molecule has 0 bridgehead atoms. The third-order valence-corrected chi connectivity index (χ3v) is 3.09. The number of hydrogen-bond acceptors (Lipinski definition) is 2. The van der Waals surface area contributed by atoms with Crippen molar-refractivity contribution in [2.75, 3.05) is 0 Å². The van der Waals surface area contributed by atoms with Gasteiger partial charge in [-0.05, 0) is 12.1 Å². The van der Waals surface area contributed by atoms with E-state index in [4.69, 9.17) is 0 Å². The summed E-state index contributed by atoms with van der Waals surface area (Å²) < 4.78 is 1.69. The first-order chi connectivity index (χ1) is 11.3. The number of benzene rings is 1. The molecule has 0 saturated carbocycles. The Balaban J connectivity index is 1.76. The third-order valence-electron chi connectivity index (χ3n) is 3.09. The lowest BCUT2D eigenvalue weighted by Gasteiger charge is -2.07. The van der Waals surface area contributed by atoms with Gasteiger partial charge in [-0.3, -0.25) is 4.79 Å². The molecule has 0 amide bonds. The minimum atomic E-state index is 0.583. The molecule has 2 heterocycles. The second kappa shape index (κ2) is 7.01. The van der Waals surface area contributed by atoms with Crippen LogP contribution in [0, 0.1) is 11.8 Å². The lowest BCUT2D eigenvalue weighted by atomic mass is 10.1. The quantitative estimate of drug-likeness (QED) is 0.424. The smallest absolute Gasteiger partial charge is 0.182 e. The van der Waals surface area contributed by atoms with Gasteiger partial charge in [-0.1, -0.05) is 48.4 Å². The van der Waals surface area contributed by atoms with Gasteiger partial charge in [0.15, 0.2) is 18.7 Å². The van der Waals surface area contributed by atoms with E-state index >= 15 is 0 Å². The van der Waals surface area contributed by atoms with Gasteiger partial charge in [0, 0.05) is 34.6 Å². The molecule has 0 aliphatic rings. The van der Waals surface area contributed by atoms with Crippen LogP contribution in [-0.2, 0) is 0 Å². The summed E-state index contributed by atoms with van der Waals surface area (Å²) in [6.07, 6.45) is 6.15. The summed E-state index contributed by atoms with van der Waals surface area (Å²) in [6.45, 7) is 0. The van der Waals surface area contributed by atoms with E-state index in [1.165, 1.54) is 0 Å². The number of nitrogens with zero attached hydrogens (tertiary/aromatic N) is 3. The van der Waals surface area contributed by atoms with E-state index in [1.54, 1.807) is 23.0 Å². The summed E-state index contributed by atoms with van der Waals surface area (Å²) in [7, 11) is 0. The molecule has 0 unspecified atom stereocenters. The maximum atomic E-state index is 11.0. The first kappa shape index (κ1) is 14.5. The van der Waals surface area contributed by atoms with Crippen LogP contribution < -0.4 is 4.68 Å². The van der Waals surface area contributed by atoms with Crippen molar-refractivity contribution in [2.24, 2.45) is 0 Å². The van der Waals surface area contributed by atoms with E-state index in [0.717, 1.165) is 11.8 Å². The predicted octanol–water partition coefficient (Wildman–Crippen LogP) is 3.05. The Kier molecular flexibility index (Phi) is 4.41. The second-order valence-electron chi connectivity index (χ2n) is 4.72. The van der Waals surface area contributed by atoms with Crippen molar-refractivity contribution in [3.63, 3.8) is 0 Å². The van der Waals surface area contributed by atoms with E-state index in [2.05, 4.69) is 22.3 Å². The molecule has 4 heteroatoms. The van der Waals surface area contributed by atoms with Crippen LogP contribution in [0.25, 0.3) is 5.43 Å². The van der Waals surface area contributed by atoms with Crippen LogP contribution in [0.1, 0.15) is 21.5 Å². The number of rotatable bonds is 3. The molecule has 0 fully saturated rings. The van der Waals surface area contributed by atoms with Crippen LogP contribution in [0.2, 0.25) is 0 Å². The highest BCUT2D eigenvalue weighted by atomic mass is 16.1. The molecule has 3 rings (SSSR count). The van der Waals surface area contributed by atoms with Crippen molar-refractivity contribution in [1.29, 1.82) is 0 Å². The Labute approximate surface area is 134 Å². The van der Waals surface area contributed by atoms with Gasteiger partial charge in [0.25, 0.3) is 0 Å². The average Bonchev–Trinajstić information content (AvgIpc) is 2.62. The van der Waals surface area contributed by atoms with Gasteiger partial charge in [0.2, 0.25) is 0 Å². The third kappa shape index (κ3) is 3.80. The van der Waals surface area contributed by atoms with E-state index in [-0.39, 0.29) is 0 Å². The highest BCUT2D eigenvalue weighted by molar-refractivity contribution is 5.79. The number of carbonyl (C=O) groups excluding carboxylic acids is 1. The summed E-state index contributed by atoms with van der Waals surface area (Å²) in [5.74, 6) is 6.60. The summed E-state index contributed by atoms with van der Waals surface area (Å²) >= 11 is 0. The normalized spacial score (nSPS) is 9.57. The first-order valence-corrected chi connectivity index (χ1v) is 7.06. The maximum absolute atomic E-state index is 11.0. The maximum Gasteiger partial charge on any atom is 0.182 e. The van der Waals surface area contributed by atoms with Gasteiger partial charge >= 0.3 is 0 Å². The number of hydrogen-bond donors (Lipinski definition) is 0. The van der Waals surface area contributed by atoms with Gasteiger partial charge in [-0.15, -0.1) is 0 Å². The van der Waals surface area contributed by atoms with Crippen molar-refractivity contribution < 1.29 is 9.47 Å². The first-order valence-electron chi connectivity index (χ1n) is 7.06. The minimum absolute atomic E-state index is 0.583. The molecule has 23 heavy (non-hydrogen) atoms. The monoisotopic (exact) mass is 299 g/mol. The average molecular weight is 299 g/mol. The lowest BCUT2D eigenvalue weighted by molar-refractivity contribution is -0.619. The number of aromatic nitrogens is 2. The standard InChI is InChI=1S/C19H13N3O/c23-15-18-7-3-2-6-17(18)10-8-16-9-11-19(20-14-16)21-22-12-4-1-5-13-22/h1-7,9,11-15H. The zero-order valence-corrected chi connectivity index (χ0v) is 12.3. The van der Waals surface area contributed by atoms with Crippen LogP contribution in [0.5, 0.6) is 0 Å². The second-order valence-corrected chi connectivity index (χ2v) is 4.72. The molecule has 3 aromatic rings. The van der Waals surface area contributed by atoms with Gasteiger partial charge in [0.1, 0.15) is 0 Å². The van der Waals surface area contributed by atoms with Crippen LogP contribution in [0.15, 0.2) is 73.2 Å². The van der Waals surface area contributed by atoms with Gasteiger partial charge in [-0.2, -0.15) is 10.1 Å². The molecular weight excluding hydrogens is 286 g/mol. The van der Waals surface area contributed by atoms with Crippen LogP contribution >= 0.6 is 0 Å². The summed E-state index contributed by atoms with van der Waals surface area (Å²) in [4.78, 5) is 15.2. The topological polar surface area (TPSA) is 47.9 Å². The molecule has 0 N–H and O–H groups in total. The summed E-state index contributed by atoms with van der Waals surface area (Å²) in [5.41, 5.74) is 6.39. The Morgan fingerprint density at radius 3 is 2.52 bits per heavy atom. The van der Waals surface area contributed by atoms with Gasteiger partial charge < -0.3 is 4.98 Å². The van der Waals surface area contributed by atoms with Crippen LogP contribution in [0.4, 0.5) is 5.82 Å². The van der Waals surface area contributed by atoms with E-state index in [0.29, 0.717) is 16.9 Å². The molecule has 1 aromatic carbocycles. The predicted molar refractivity (Wildman–Crippen MR) is 87.1 cm³/mol. The Morgan fingerprint density at radius 1 is 0.957 bits per heavy atom. The number of pyridine rings is 2. The zero-order valence-electron chi connectivity index (χ0n) is 12.3. The Bertz CT molecular complexity index is 862. The molecule has 4 nitrogen and oxygen atoms in total. The molecular formula is C19H13N3O. The Hall–Kier alpha value is -3.45. The molecule has 2 aromatic heterocycles. The minimum Gasteiger partial charge on any atom is -0.437 e.